The summed E-state index contributed by atoms with van der Waals surface area (Å²) in [6.45, 7) is 14.0. The highest BCUT2D eigenvalue weighted by atomic mass is 16.7. The van der Waals surface area contributed by atoms with Crippen LogP contribution in [0, 0.1) is 17.8 Å². The number of carbonyl (C=O) groups excluding carboxylic acids is 2. The number of hydrogen-bond acceptors (Lipinski definition) is 12. The average Bonchev–Trinajstić information content (AvgIpc) is 3.04. The van der Waals surface area contributed by atoms with Crippen molar-refractivity contribution in [2.75, 3.05) is 48.0 Å². The Balaban J connectivity index is 1.79. The van der Waals surface area contributed by atoms with Gasteiger partial charge in [-0.05, 0) is 73.4 Å². The van der Waals surface area contributed by atoms with Crippen molar-refractivity contribution in [1.29, 1.82) is 0 Å². The third-order valence-corrected chi connectivity index (χ3v) is 12.0. The maximum absolute atomic E-state index is 14.4. The molecule has 0 aromatic rings. The van der Waals surface area contributed by atoms with Gasteiger partial charge in [-0.3, -0.25) is 9.59 Å². The van der Waals surface area contributed by atoms with Crippen LogP contribution in [-0.2, 0) is 38.0 Å². The van der Waals surface area contributed by atoms with Crippen LogP contribution in [0.1, 0.15) is 87.0 Å². The van der Waals surface area contributed by atoms with Gasteiger partial charge in [0.05, 0.1) is 53.5 Å². The van der Waals surface area contributed by atoms with Crippen LogP contribution >= 0.6 is 0 Å². The number of carbonyl (C=O) groups is 2. The summed E-state index contributed by atoms with van der Waals surface area (Å²) in [5.41, 5.74) is -3.31. The van der Waals surface area contributed by atoms with Crippen LogP contribution in [0.15, 0.2) is 0 Å². The van der Waals surface area contributed by atoms with E-state index in [-0.39, 0.29) is 49.1 Å². The van der Waals surface area contributed by atoms with Crippen LogP contribution in [0.4, 0.5) is 0 Å². The van der Waals surface area contributed by atoms with Gasteiger partial charge in [0, 0.05) is 52.3 Å². The van der Waals surface area contributed by atoms with Gasteiger partial charge in [-0.2, -0.15) is 0 Å². The largest absolute Gasteiger partial charge is 0.387 e. The molecule has 296 valence electrons. The van der Waals surface area contributed by atoms with E-state index >= 15 is 0 Å². The Labute approximate surface area is 304 Å². The van der Waals surface area contributed by atoms with E-state index in [0.29, 0.717) is 39.0 Å². The molecule has 4 rings (SSSR count). The van der Waals surface area contributed by atoms with E-state index < -0.39 is 71.7 Å². The van der Waals surface area contributed by atoms with Crippen molar-refractivity contribution in [3.63, 3.8) is 0 Å². The van der Waals surface area contributed by atoms with E-state index in [1.165, 1.54) is 7.11 Å². The van der Waals surface area contributed by atoms with Crippen molar-refractivity contribution in [2.24, 2.45) is 17.8 Å². The standard InChI is InChI=1S/C37H67N3O11/c1-21-17-35(6,45)32(51-34-29(42)26(39(8)9)16-22(2)48-34)23(3)30(50-28-19-36(7,46-11)31(43)25(5)49-28)24(4)33(44)38-37(12-14-47-15-13-37)18-27(41)40(10)20-21/h21-26,28-32,34,42-43,45H,12-20H2,1-11H3,(H,38,44)/t21-,22-,23+,24-,25+,26+,28+,29-,30+,31+,32-,34+,35-,36-/m1/s1. The zero-order chi connectivity index (χ0) is 38.1. The lowest BCUT2D eigenvalue weighted by Crippen LogP contribution is -2.62. The Morgan fingerprint density at radius 2 is 1.63 bits per heavy atom. The summed E-state index contributed by atoms with van der Waals surface area (Å²) in [4.78, 5) is 31.7. The van der Waals surface area contributed by atoms with Gasteiger partial charge in [-0.15, -0.1) is 0 Å². The van der Waals surface area contributed by atoms with Crippen LogP contribution < -0.4 is 5.32 Å². The zero-order valence-electron chi connectivity index (χ0n) is 32.8. The van der Waals surface area contributed by atoms with Crippen LogP contribution in [0.3, 0.4) is 0 Å². The fourth-order valence-electron chi connectivity index (χ4n) is 8.79. The minimum atomic E-state index is -1.53. The lowest BCUT2D eigenvalue weighted by atomic mass is 9.77. The van der Waals surface area contributed by atoms with Crippen LogP contribution in [0.2, 0.25) is 0 Å². The summed E-state index contributed by atoms with van der Waals surface area (Å²) in [5, 5.41) is 38.1. The molecule has 0 aromatic heterocycles. The second-order valence-corrected chi connectivity index (χ2v) is 16.8. The second-order valence-electron chi connectivity index (χ2n) is 16.8. The number of aliphatic hydroxyl groups excluding tert-OH is 2. The maximum atomic E-state index is 14.4. The molecule has 4 heterocycles. The summed E-state index contributed by atoms with van der Waals surface area (Å²) >= 11 is 0. The predicted molar refractivity (Wildman–Crippen MR) is 188 cm³/mol. The number of methoxy groups -OCH3 is 1. The highest BCUT2D eigenvalue weighted by molar-refractivity contribution is 5.82. The summed E-state index contributed by atoms with van der Waals surface area (Å²) in [5.74, 6) is -2.05. The second kappa shape index (κ2) is 16.9. The molecule has 4 fully saturated rings. The Kier molecular flexibility index (Phi) is 14.0. The molecule has 0 radical (unpaired) electrons. The number of nitrogens with one attached hydrogen (secondary N) is 1. The molecule has 14 atom stereocenters. The van der Waals surface area contributed by atoms with Gasteiger partial charge in [0.15, 0.2) is 12.6 Å². The van der Waals surface area contributed by atoms with E-state index in [2.05, 4.69) is 5.32 Å². The van der Waals surface area contributed by atoms with Crippen LogP contribution in [0.25, 0.3) is 0 Å². The Hall–Kier alpha value is -1.46. The first-order chi connectivity index (χ1) is 23.7. The molecule has 0 unspecified atom stereocenters. The summed E-state index contributed by atoms with van der Waals surface area (Å²) in [6, 6.07) is -0.251. The molecular weight excluding hydrogens is 662 g/mol. The van der Waals surface area contributed by atoms with Crippen molar-refractivity contribution < 1.29 is 53.3 Å². The average molecular weight is 730 g/mol. The fourth-order valence-corrected chi connectivity index (χ4v) is 8.79. The molecule has 4 saturated heterocycles. The molecule has 0 aliphatic carbocycles. The number of ether oxygens (including phenoxy) is 6. The number of hydrogen-bond donors (Lipinski definition) is 4. The smallest absolute Gasteiger partial charge is 0.225 e. The van der Waals surface area contributed by atoms with Gasteiger partial charge in [0.1, 0.15) is 12.2 Å². The number of likely N-dealkylation sites (N-methyl/N-ethyl adjacent to an activating group) is 1. The lowest BCUT2D eigenvalue weighted by molar-refractivity contribution is -0.317. The van der Waals surface area contributed by atoms with E-state index in [9.17, 15) is 24.9 Å². The molecule has 14 nitrogen and oxygen atoms in total. The third kappa shape index (κ3) is 9.81. The molecule has 0 bridgehead atoms. The van der Waals surface area contributed by atoms with Crippen molar-refractivity contribution in [3.8, 4) is 0 Å². The Morgan fingerprint density at radius 1 is 0.980 bits per heavy atom. The number of aliphatic hydroxyl groups is 3. The number of amides is 2. The van der Waals surface area contributed by atoms with E-state index in [1.807, 2.05) is 39.8 Å². The molecule has 14 heteroatoms. The molecule has 0 aromatic carbocycles. The van der Waals surface area contributed by atoms with E-state index in [1.54, 1.807) is 39.6 Å². The minimum absolute atomic E-state index is 0.105. The third-order valence-electron chi connectivity index (χ3n) is 12.0. The van der Waals surface area contributed by atoms with Gasteiger partial charge >= 0.3 is 0 Å². The van der Waals surface area contributed by atoms with Gasteiger partial charge in [-0.1, -0.05) is 20.8 Å². The first-order valence-electron chi connectivity index (χ1n) is 18.8. The zero-order valence-corrected chi connectivity index (χ0v) is 32.8. The maximum Gasteiger partial charge on any atom is 0.225 e. The SMILES string of the molecule is CO[C@]1(C)C[C@H](O[C@H]2[C@H](C)[C@@H](O[C@@H]3O[C@H](C)C[C@H](N(C)C)[C@H]3O)[C@](C)(O)C[C@@H](C)CN(C)C(=O)CC3(CCOCC3)NC(=O)[C@@H]2C)O[C@@H](C)[C@@H]1O. The summed E-state index contributed by atoms with van der Waals surface area (Å²) in [7, 11) is 7.08. The molecular formula is C37H67N3O11. The first kappa shape index (κ1) is 42.3. The Morgan fingerprint density at radius 3 is 2.24 bits per heavy atom. The van der Waals surface area contributed by atoms with Crippen molar-refractivity contribution in [2.45, 2.75) is 159 Å². The molecule has 1 spiro atoms. The van der Waals surface area contributed by atoms with E-state index in [0.717, 1.165) is 0 Å². The molecule has 4 aliphatic rings. The molecule has 51 heavy (non-hydrogen) atoms. The number of nitrogens with zero attached hydrogens (tertiary/aromatic N) is 2. The van der Waals surface area contributed by atoms with Crippen molar-refractivity contribution in [1.82, 2.24) is 15.1 Å². The predicted octanol–water partition coefficient (Wildman–Crippen LogP) is 1.66. The van der Waals surface area contributed by atoms with Crippen LogP contribution in [0.5, 0.6) is 0 Å². The van der Waals surface area contributed by atoms with Crippen molar-refractivity contribution in [3.05, 3.63) is 0 Å². The van der Waals surface area contributed by atoms with Gasteiger partial charge < -0.3 is 58.9 Å². The Bertz CT molecular complexity index is 1170. The first-order valence-corrected chi connectivity index (χ1v) is 18.8. The summed E-state index contributed by atoms with van der Waals surface area (Å²) < 4.78 is 37.3. The molecule has 4 aliphatic heterocycles. The monoisotopic (exact) mass is 729 g/mol. The lowest BCUT2D eigenvalue weighted by Gasteiger charge is -2.49. The van der Waals surface area contributed by atoms with Gasteiger partial charge in [0.25, 0.3) is 0 Å². The minimum Gasteiger partial charge on any atom is -0.387 e. The highest BCUT2D eigenvalue weighted by Gasteiger charge is 2.52. The normalized spacial score (nSPS) is 45.0. The van der Waals surface area contributed by atoms with E-state index in [4.69, 9.17) is 28.4 Å². The number of rotatable bonds is 6. The quantitative estimate of drug-likeness (QED) is 0.313. The molecule has 4 N–H and O–H groups in total. The molecule has 2 amide bonds. The summed E-state index contributed by atoms with van der Waals surface area (Å²) in [6.07, 6.45) is -4.54. The van der Waals surface area contributed by atoms with Gasteiger partial charge in [-0.25, -0.2) is 0 Å². The molecule has 0 saturated carbocycles. The highest BCUT2D eigenvalue weighted by Crippen LogP contribution is 2.40. The van der Waals surface area contributed by atoms with Crippen molar-refractivity contribution >= 4 is 11.8 Å². The topological polar surface area (TPSA) is 169 Å². The fraction of sp³-hybridized carbons (Fsp3) is 0.946. The van der Waals surface area contributed by atoms with Crippen LogP contribution in [-0.4, -0.2) is 157 Å². The van der Waals surface area contributed by atoms with Gasteiger partial charge in [0.2, 0.25) is 11.8 Å².